The van der Waals surface area contributed by atoms with E-state index < -0.39 is 18.1 Å². The highest BCUT2D eigenvalue weighted by Crippen LogP contribution is 2.19. The smallest absolute Gasteiger partial charge is 0.405 e. The van der Waals surface area contributed by atoms with Crippen molar-refractivity contribution in [3.05, 3.63) is 35.9 Å². The number of primary amides is 1. The highest BCUT2D eigenvalue weighted by Gasteiger charge is 2.30. The Bertz CT molecular complexity index is 683. The van der Waals surface area contributed by atoms with Crippen LogP contribution in [0.2, 0.25) is 0 Å². The van der Waals surface area contributed by atoms with Crippen LogP contribution in [0.25, 0.3) is 0 Å². The second-order valence-electron chi connectivity index (χ2n) is 7.74. The first-order valence-corrected chi connectivity index (χ1v) is 10.2. The fourth-order valence-corrected chi connectivity index (χ4v) is 3.61. The van der Waals surface area contributed by atoms with Crippen LogP contribution < -0.4 is 22.1 Å². The van der Waals surface area contributed by atoms with Gasteiger partial charge in [0.15, 0.2) is 6.10 Å². The van der Waals surface area contributed by atoms with E-state index in [1.54, 1.807) is 0 Å². The zero-order chi connectivity index (χ0) is 21.2. The van der Waals surface area contributed by atoms with Gasteiger partial charge in [0.1, 0.15) is 0 Å². The molecule has 0 spiro atoms. The molecule has 8 heteroatoms. The molecule has 0 bridgehead atoms. The number of nitrogens with one attached hydrogen (secondary N) is 2. The molecule has 29 heavy (non-hydrogen) atoms. The Morgan fingerprint density at radius 1 is 1.31 bits per heavy atom. The largest absolute Gasteiger partial charge is 0.436 e. The summed E-state index contributed by atoms with van der Waals surface area (Å²) in [6.07, 6.45) is 1.30. The van der Waals surface area contributed by atoms with Crippen molar-refractivity contribution < 1.29 is 19.1 Å². The first-order chi connectivity index (χ1) is 13.9. The minimum Gasteiger partial charge on any atom is -0.436 e. The molecule has 1 fully saturated rings. The first kappa shape index (κ1) is 22.7. The SMILES string of the molecule is CC(CCc1ccccc1)C[C@@H](OC(N)=O)C(=O)N[C@@H](CN)CC1CCNC1=O. The molecule has 4 atom stereocenters. The third-order valence-electron chi connectivity index (χ3n) is 5.30. The molecule has 1 heterocycles. The van der Waals surface area contributed by atoms with E-state index >= 15 is 0 Å². The van der Waals surface area contributed by atoms with Gasteiger partial charge in [-0.3, -0.25) is 9.59 Å². The molecule has 1 aliphatic heterocycles. The van der Waals surface area contributed by atoms with Gasteiger partial charge in [0.25, 0.3) is 5.91 Å². The minimum absolute atomic E-state index is 0.0165. The fourth-order valence-electron chi connectivity index (χ4n) is 3.61. The highest BCUT2D eigenvalue weighted by atomic mass is 16.6. The summed E-state index contributed by atoms with van der Waals surface area (Å²) in [6, 6.07) is 9.70. The van der Waals surface area contributed by atoms with Crippen molar-refractivity contribution in [3.8, 4) is 0 Å². The van der Waals surface area contributed by atoms with Crippen LogP contribution in [-0.4, -0.2) is 43.1 Å². The summed E-state index contributed by atoms with van der Waals surface area (Å²) < 4.78 is 5.08. The summed E-state index contributed by atoms with van der Waals surface area (Å²) >= 11 is 0. The number of carbonyl (C=O) groups excluding carboxylic acids is 3. The Kier molecular flexibility index (Phi) is 8.92. The summed E-state index contributed by atoms with van der Waals surface area (Å²) in [5.74, 6) is -0.465. The minimum atomic E-state index is -0.986. The van der Waals surface area contributed by atoms with Gasteiger partial charge < -0.3 is 26.8 Å². The number of hydrogen-bond donors (Lipinski definition) is 4. The second-order valence-corrected chi connectivity index (χ2v) is 7.74. The quantitative estimate of drug-likeness (QED) is 0.437. The first-order valence-electron chi connectivity index (χ1n) is 10.2. The lowest BCUT2D eigenvalue weighted by molar-refractivity contribution is -0.131. The average Bonchev–Trinajstić information content (AvgIpc) is 3.10. The van der Waals surface area contributed by atoms with E-state index in [9.17, 15) is 14.4 Å². The van der Waals surface area contributed by atoms with Crippen molar-refractivity contribution >= 4 is 17.9 Å². The van der Waals surface area contributed by atoms with E-state index in [1.807, 2.05) is 25.1 Å². The zero-order valence-corrected chi connectivity index (χ0v) is 16.9. The molecule has 2 rings (SSSR count). The second kappa shape index (κ2) is 11.4. The lowest BCUT2D eigenvalue weighted by atomic mass is 9.94. The number of aryl methyl sites for hydroxylation is 1. The van der Waals surface area contributed by atoms with Crippen LogP contribution in [0.15, 0.2) is 30.3 Å². The molecule has 6 N–H and O–H groups in total. The Morgan fingerprint density at radius 2 is 2.03 bits per heavy atom. The summed E-state index contributed by atoms with van der Waals surface area (Å²) in [5, 5.41) is 5.60. The van der Waals surface area contributed by atoms with Crippen molar-refractivity contribution in [2.75, 3.05) is 13.1 Å². The number of nitrogens with two attached hydrogens (primary N) is 2. The maximum absolute atomic E-state index is 12.7. The topological polar surface area (TPSA) is 137 Å². The van der Waals surface area contributed by atoms with Crippen molar-refractivity contribution in [2.24, 2.45) is 23.3 Å². The van der Waals surface area contributed by atoms with Gasteiger partial charge in [0, 0.05) is 25.0 Å². The molecule has 1 aromatic rings. The summed E-state index contributed by atoms with van der Waals surface area (Å²) in [6.45, 7) is 2.85. The lowest BCUT2D eigenvalue weighted by Gasteiger charge is -2.24. The monoisotopic (exact) mass is 404 g/mol. The molecular weight excluding hydrogens is 372 g/mol. The van der Waals surface area contributed by atoms with Gasteiger partial charge in [-0.1, -0.05) is 37.3 Å². The molecule has 3 amide bonds. The zero-order valence-electron chi connectivity index (χ0n) is 16.9. The molecule has 1 aliphatic rings. The van der Waals surface area contributed by atoms with Crippen molar-refractivity contribution in [1.29, 1.82) is 0 Å². The van der Waals surface area contributed by atoms with E-state index in [1.165, 1.54) is 5.56 Å². The van der Waals surface area contributed by atoms with Gasteiger partial charge in [0.05, 0.1) is 0 Å². The van der Waals surface area contributed by atoms with Crippen LogP contribution in [0, 0.1) is 11.8 Å². The van der Waals surface area contributed by atoms with Crippen LogP contribution in [0.4, 0.5) is 4.79 Å². The Morgan fingerprint density at radius 3 is 2.62 bits per heavy atom. The van der Waals surface area contributed by atoms with Crippen molar-refractivity contribution in [2.45, 2.75) is 51.2 Å². The molecule has 0 aliphatic carbocycles. The van der Waals surface area contributed by atoms with Gasteiger partial charge >= 0.3 is 6.09 Å². The molecule has 2 unspecified atom stereocenters. The average molecular weight is 405 g/mol. The molecule has 8 nitrogen and oxygen atoms in total. The number of benzene rings is 1. The van der Waals surface area contributed by atoms with Gasteiger partial charge in [-0.15, -0.1) is 0 Å². The van der Waals surface area contributed by atoms with E-state index in [4.69, 9.17) is 16.2 Å². The molecule has 0 aromatic heterocycles. The number of carbonyl (C=O) groups is 3. The van der Waals surface area contributed by atoms with E-state index in [2.05, 4.69) is 22.8 Å². The van der Waals surface area contributed by atoms with Crippen LogP contribution >= 0.6 is 0 Å². The fraction of sp³-hybridized carbons (Fsp3) is 0.571. The normalized spacial score (nSPS) is 19.1. The summed E-state index contributed by atoms with van der Waals surface area (Å²) in [4.78, 5) is 35.8. The summed E-state index contributed by atoms with van der Waals surface area (Å²) in [7, 11) is 0. The Balaban J connectivity index is 1.89. The number of amides is 3. The molecule has 1 aromatic carbocycles. The van der Waals surface area contributed by atoms with Crippen molar-refractivity contribution in [3.63, 3.8) is 0 Å². The lowest BCUT2D eigenvalue weighted by Crippen LogP contribution is -2.48. The maximum Gasteiger partial charge on any atom is 0.405 e. The molecule has 1 saturated heterocycles. The number of ether oxygens (including phenoxy) is 1. The van der Waals surface area contributed by atoms with E-state index in [0.29, 0.717) is 19.4 Å². The van der Waals surface area contributed by atoms with Gasteiger partial charge in [-0.2, -0.15) is 0 Å². The molecule has 0 radical (unpaired) electrons. The maximum atomic E-state index is 12.7. The van der Waals surface area contributed by atoms with Crippen LogP contribution in [0.3, 0.4) is 0 Å². The standard InChI is InChI=1S/C21H32N4O4/c1-14(7-8-15-5-3-2-4-6-15)11-18(29-21(23)28)20(27)25-17(13-22)12-16-9-10-24-19(16)26/h2-6,14,16-18H,7-13,22H2,1H3,(H2,23,28)(H,24,26)(H,25,27)/t14?,16?,17-,18-/m1/s1. The van der Waals surface area contributed by atoms with Crippen LogP contribution in [0.1, 0.15) is 38.2 Å². The van der Waals surface area contributed by atoms with Gasteiger partial charge in [-0.05, 0) is 43.6 Å². The third kappa shape index (κ3) is 7.73. The van der Waals surface area contributed by atoms with Crippen LogP contribution in [0.5, 0.6) is 0 Å². The highest BCUT2D eigenvalue weighted by molar-refractivity contribution is 5.84. The number of rotatable bonds is 11. The van der Waals surface area contributed by atoms with E-state index in [-0.39, 0.29) is 30.3 Å². The Labute approximate surface area is 171 Å². The van der Waals surface area contributed by atoms with Crippen molar-refractivity contribution in [1.82, 2.24) is 10.6 Å². The molecule has 160 valence electrons. The Hall–Kier alpha value is -2.61. The number of hydrogen-bond acceptors (Lipinski definition) is 5. The predicted octanol–water partition coefficient (Wildman–Crippen LogP) is 1.08. The third-order valence-corrected chi connectivity index (χ3v) is 5.30. The van der Waals surface area contributed by atoms with Gasteiger partial charge in [0.2, 0.25) is 5.91 Å². The molecule has 0 saturated carbocycles. The summed E-state index contributed by atoms with van der Waals surface area (Å²) in [5.41, 5.74) is 12.2. The van der Waals surface area contributed by atoms with Crippen LogP contribution in [-0.2, 0) is 20.7 Å². The molecular formula is C21H32N4O4. The van der Waals surface area contributed by atoms with Gasteiger partial charge in [-0.25, -0.2) is 4.79 Å². The van der Waals surface area contributed by atoms with E-state index in [0.717, 1.165) is 19.3 Å². The predicted molar refractivity (Wildman–Crippen MR) is 110 cm³/mol.